The van der Waals surface area contributed by atoms with Crippen LogP contribution in [0, 0.1) is 0 Å². The summed E-state index contributed by atoms with van der Waals surface area (Å²) < 4.78 is 16.9. The number of rotatable bonds is 7. The fourth-order valence-electron chi connectivity index (χ4n) is 4.98. The van der Waals surface area contributed by atoms with E-state index >= 15 is 0 Å². The number of hydrogen-bond acceptors (Lipinski definition) is 7. The molecule has 2 aliphatic heterocycles. The molecule has 0 aromatic heterocycles. The van der Waals surface area contributed by atoms with Gasteiger partial charge in [0.05, 0.1) is 24.8 Å². The van der Waals surface area contributed by atoms with Gasteiger partial charge >= 0.3 is 0 Å². The van der Waals surface area contributed by atoms with E-state index in [4.69, 9.17) is 14.2 Å². The Labute approximate surface area is 220 Å². The summed E-state index contributed by atoms with van der Waals surface area (Å²) in [6.07, 6.45) is 0.692. The quantitative estimate of drug-likeness (QED) is 0.255. The second-order valence-electron chi connectivity index (χ2n) is 9.21. The van der Waals surface area contributed by atoms with E-state index in [1.165, 1.54) is 11.0 Å². The van der Waals surface area contributed by atoms with E-state index in [0.717, 1.165) is 11.3 Å². The molecular formula is C30H29NO7. The Morgan fingerprint density at radius 3 is 2.45 bits per heavy atom. The number of hydrogen-bond donors (Lipinski definition) is 2. The predicted octanol–water partition coefficient (Wildman–Crippen LogP) is 5.14. The van der Waals surface area contributed by atoms with Gasteiger partial charge in [-0.15, -0.1) is 0 Å². The largest absolute Gasteiger partial charge is 0.507 e. The molecule has 3 aromatic carbocycles. The van der Waals surface area contributed by atoms with Crippen molar-refractivity contribution in [3.63, 3.8) is 0 Å². The third-order valence-corrected chi connectivity index (χ3v) is 6.64. The highest BCUT2D eigenvalue weighted by atomic mass is 16.5. The molecule has 2 N–H and O–H groups in total. The van der Waals surface area contributed by atoms with Gasteiger partial charge in [0.15, 0.2) is 11.5 Å². The summed E-state index contributed by atoms with van der Waals surface area (Å²) in [5, 5.41) is 21.8. The van der Waals surface area contributed by atoms with Crippen LogP contribution in [0.1, 0.15) is 43.5 Å². The maximum atomic E-state index is 13.5. The first-order valence-electron chi connectivity index (χ1n) is 12.6. The Bertz CT molecular complexity index is 1430. The molecule has 0 saturated carbocycles. The fraction of sp³-hybridized carbons (Fsp3) is 0.267. The zero-order chi connectivity index (χ0) is 27.0. The number of aliphatic hydroxyl groups excluding tert-OH is 1. The monoisotopic (exact) mass is 515 g/mol. The van der Waals surface area contributed by atoms with Crippen LogP contribution >= 0.6 is 0 Å². The maximum absolute atomic E-state index is 13.5. The molecule has 0 aliphatic carbocycles. The molecule has 8 heteroatoms. The molecule has 8 nitrogen and oxygen atoms in total. The number of carbonyl (C=O) groups excluding carboxylic acids is 2. The van der Waals surface area contributed by atoms with Crippen molar-refractivity contribution in [3.8, 4) is 23.0 Å². The van der Waals surface area contributed by atoms with Gasteiger partial charge < -0.3 is 24.4 Å². The smallest absolute Gasteiger partial charge is 0.300 e. The van der Waals surface area contributed by atoms with Crippen molar-refractivity contribution >= 4 is 23.1 Å². The summed E-state index contributed by atoms with van der Waals surface area (Å²) in [7, 11) is 0. The van der Waals surface area contributed by atoms with E-state index in [1.54, 1.807) is 61.5 Å². The van der Waals surface area contributed by atoms with Crippen LogP contribution in [0.25, 0.3) is 5.76 Å². The Balaban J connectivity index is 1.67. The number of fused-ring (bicyclic) bond motifs is 1. The highest BCUT2D eigenvalue weighted by Gasteiger charge is 2.47. The lowest BCUT2D eigenvalue weighted by atomic mass is 9.94. The molecule has 2 aliphatic rings. The summed E-state index contributed by atoms with van der Waals surface area (Å²) in [6, 6.07) is 15.8. The zero-order valence-corrected chi connectivity index (χ0v) is 21.4. The van der Waals surface area contributed by atoms with Crippen molar-refractivity contribution in [3.05, 3.63) is 82.9 Å². The van der Waals surface area contributed by atoms with Gasteiger partial charge in [-0.3, -0.25) is 14.5 Å². The molecule has 0 spiro atoms. The Morgan fingerprint density at radius 2 is 1.74 bits per heavy atom. The molecule has 1 saturated heterocycles. The van der Waals surface area contributed by atoms with Gasteiger partial charge in [-0.1, -0.05) is 6.07 Å². The van der Waals surface area contributed by atoms with E-state index < -0.39 is 17.7 Å². The number of Topliss-reactive ketones (excluding diaryl/α,β-unsaturated/α-hetero) is 1. The standard InChI is InChI=1S/C30H29NO7/c1-4-36-22-10-8-21(9-11-22)31-27(18-6-12-23(32)25(16-18)37-5-2)26(29(34)30(31)35)28(33)19-7-13-24-20(15-19)14-17(3)38-24/h6-13,15-17,27,32-33H,4-5,14H2,1-3H3/b28-26+. The van der Waals surface area contributed by atoms with E-state index in [2.05, 4.69) is 0 Å². The number of nitrogens with zero attached hydrogens (tertiary/aromatic N) is 1. The molecule has 2 heterocycles. The fourth-order valence-corrected chi connectivity index (χ4v) is 4.98. The van der Waals surface area contributed by atoms with E-state index in [1.807, 2.05) is 13.8 Å². The molecule has 2 atom stereocenters. The minimum Gasteiger partial charge on any atom is -0.507 e. The van der Waals surface area contributed by atoms with Crippen molar-refractivity contribution in [2.45, 2.75) is 39.3 Å². The van der Waals surface area contributed by atoms with Gasteiger partial charge in [0, 0.05) is 17.7 Å². The van der Waals surface area contributed by atoms with Crippen molar-refractivity contribution in [2.75, 3.05) is 18.1 Å². The summed E-state index contributed by atoms with van der Waals surface area (Å²) in [5.74, 6) is -0.354. The zero-order valence-electron chi connectivity index (χ0n) is 21.4. The van der Waals surface area contributed by atoms with Gasteiger partial charge in [-0.05, 0) is 86.5 Å². The van der Waals surface area contributed by atoms with Gasteiger partial charge in [0.25, 0.3) is 11.7 Å². The summed E-state index contributed by atoms with van der Waals surface area (Å²) in [6.45, 7) is 6.42. The first-order chi connectivity index (χ1) is 18.3. The molecule has 2 unspecified atom stereocenters. The van der Waals surface area contributed by atoms with Crippen molar-refractivity contribution in [1.29, 1.82) is 0 Å². The first-order valence-corrected chi connectivity index (χ1v) is 12.6. The number of amides is 1. The molecule has 38 heavy (non-hydrogen) atoms. The lowest BCUT2D eigenvalue weighted by Crippen LogP contribution is -2.29. The first kappa shape index (κ1) is 25.2. The maximum Gasteiger partial charge on any atom is 0.300 e. The number of ether oxygens (including phenoxy) is 3. The van der Waals surface area contributed by atoms with Crippen molar-refractivity contribution < 1.29 is 34.0 Å². The minimum atomic E-state index is -0.962. The van der Waals surface area contributed by atoms with Crippen LogP contribution in [0.4, 0.5) is 5.69 Å². The van der Waals surface area contributed by atoms with Crippen LogP contribution in [-0.4, -0.2) is 41.2 Å². The number of anilines is 1. The molecular weight excluding hydrogens is 486 g/mol. The lowest BCUT2D eigenvalue weighted by molar-refractivity contribution is -0.132. The third-order valence-electron chi connectivity index (χ3n) is 6.64. The predicted molar refractivity (Wildman–Crippen MR) is 142 cm³/mol. The Hall–Kier alpha value is -4.46. The highest BCUT2D eigenvalue weighted by Crippen LogP contribution is 2.44. The molecule has 0 bridgehead atoms. The molecule has 3 aromatic rings. The second-order valence-corrected chi connectivity index (χ2v) is 9.21. The molecule has 5 rings (SSSR count). The van der Waals surface area contributed by atoms with Crippen LogP contribution in [0.5, 0.6) is 23.0 Å². The number of phenolic OH excluding ortho intramolecular Hbond substituents is 1. The third kappa shape index (κ3) is 4.42. The van der Waals surface area contributed by atoms with E-state index in [-0.39, 0.29) is 28.9 Å². The van der Waals surface area contributed by atoms with Crippen LogP contribution in [-0.2, 0) is 16.0 Å². The normalized spacial score (nSPS) is 19.8. The summed E-state index contributed by atoms with van der Waals surface area (Å²) in [5.41, 5.74) is 2.24. The number of ketones is 1. The SMILES string of the molecule is CCOc1ccc(N2C(=O)C(=O)/C(=C(/O)c3ccc4c(c3)CC(C)O4)C2c2ccc(O)c(OCC)c2)cc1. The number of aliphatic hydroxyl groups is 1. The van der Waals surface area contributed by atoms with Gasteiger partial charge in [-0.25, -0.2) is 0 Å². The molecule has 1 fully saturated rings. The number of phenols is 1. The average molecular weight is 516 g/mol. The van der Waals surface area contributed by atoms with Crippen molar-refractivity contribution in [2.24, 2.45) is 0 Å². The van der Waals surface area contributed by atoms with Gasteiger partial charge in [-0.2, -0.15) is 0 Å². The Kier molecular flexibility index (Phi) is 6.72. The lowest BCUT2D eigenvalue weighted by Gasteiger charge is -2.26. The van der Waals surface area contributed by atoms with Crippen LogP contribution < -0.4 is 19.1 Å². The Morgan fingerprint density at radius 1 is 1.00 bits per heavy atom. The topological polar surface area (TPSA) is 106 Å². The number of aromatic hydroxyl groups is 1. The number of carbonyl (C=O) groups is 2. The van der Waals surface area contributed by atoms with E-state index in [0.29, 0.717) is 42.2 Å². The second kappa shape index (κ2) is 10.1. The highest BCUT2D eigenvalue weighted by molar-refractivity contribution is 6.51. The minimum absolute atomic E-state index is 0.0154. The van der Waals surface area contributed by atoms with E-state index in [9.17, 15) is 19.8 Å². The molecule has 196 valence electrons. The van der Waals surface area contributed by atoms with Gasteiger partial charge in [0.1, 0.15) is 23.4 Å². The van der Waals surface area contributed by atoms with Crippen molar-refractivity contribution in [1.82, 2.24) is 0 Å². The number of benzene rings is 3. The van der Waals surface area contributed by atoms with Crippen LogP contribution in [0.15, 0.2) is 66.2 Å². The molecule has 0 radical (unpaired) electrons. The van der Waals surface area contributed by atoms with Crippen LogP contribution in [0.2, 0.25) is 0 Å². The molecule has 1 amide bonds. The summed E-state index contributed by atoms with van der Waals surface area (Å²) >= 11 is 0. The van der Waals surface area contributed by atoms with Gasteiger partial charge in [0.2, 0.25) is 0 Å². The average Bonchev–Trinajstić information content (AvgIpc) is 3.41. The van der Waals surface area contributed by atoms with Crippen LogP contribution in [0.3, 0.4) is 0 Å². The summed E-state index contributed by atoms with van der Waals surface area (Å²) in [4.78, 5) is 28.3.